The van der Waals surface area contributed by atoms with Crippen LogP contribution in [0.4, 0.5) is 5.82 Å². The normalized spacial score (nSPS) is 13.7. The first-order valence-corrected chi connectivity index (χ1v) is 9.58. The van der Waals surface area contributed by atoms with Crippen LogP contribution >= 0.6 is 0 Å². The van der Waals surface area contributed by atoms with Crippen molar-refractivity contribution in [2.24, 2.45) is 0 Å². The molecule has 0 radical (unpaired) electrons. The van der Waals surface area contributed by atoms with Crippen LogP contribution in [-0.2, 0) is 14.8 Å². The van der Waals surface area contributed by atoms with Gasteiger partial charge in [-0.1, -0.05) is 17.3 Å². The van der Waals surface area contributed by atoms with E-state index in [9.17, 15) is 22.8 Å². The standard InChI is InChI=1S/C16H16N4O6S/c1-10-8-13(19-26-10)18-14(21)9-17-27(24,25)7-6-20-15(22)11-4-2-3-5-12(11)16(20)23/h2-5,8,17H,6-7,9H2,1H3,(H,18,19,21). The highest BCUT2D eigenvalue weighted by molar-refractivity contribution is 7.89. The third kappa shape index (κ3) is 4.20. The maximum atomic E-state index is 12.2. The molecule has 1 aliphatic rings. The number of nitrogens with zero attached hydrogens (tertiary/aromatic N) is 2. The third-order valence-electron chi connectivity index (χ3n) is 3.81. The Labute approximate surface area is 154 Å². The largest absolute Gasteiger partial charge is 0.360 e. The van der Waals surface area contributed by atoms with Gasteiger partial charge in [-0.2, -0.15) is 0 Å². The molecule has 0 saturated heterocycles. The van der Waals surface area contributed by atoms with Gasteiger partial charge in [-0.15, -0.1) is 0 Å². The van der Waals surface area contributed by atoms with E-state index in [0.29, 0.717) is 5.76 Å². The van der Waals surface area contributed by atoms with Crippen LogP contribution in [-0.4, -0.2) is 55.0 Å². The lowest BCUT2D eigenvalue weighted by Gasteiger charge is -2.14. The Morgan fingerprint density at radius 3 is 2.37 bits per heavy atom. The van der Waals surface area contributed by atoms with Crippen molar-refractivity contribution in [3.05, 3.63) is 47.2 Å². The molecule has 0 unspecified atom stereocenters. The molecule has 0 atom stereocenters. The van der Waals surface area contributed by atoms with Gasteiger partial charge in [0.05, 0.1) is 23.4 Å². The molecule has 2 aromatic rings. The van der Waals surface area contributed by atoms with Crippen molar-refractivity contribution in [2.75, 3.05) is 24.2 Å². The number of imide groups is 1. The molecule has 3 amide bonds. The predicted octanol–water partition coefficient (Wildman–Crippen LogP) is 0.137. The molecule has 3 rings (SSSR count). The SMILES string of the molecule is Cc1cc(NC(=O)CNS(=O)(=O)CCN2C(=O)c3ccccc3C2=O)no1. The number of amides is 3. The van der Waals surface area contributed by atoms with Gasteiger partial charge < -0.3 is 9.84 Å². The number of aryl methyl sites for hydroxylation is 1. The van der Waals surface area contributed by atoms with Gasteiger partial charge in [-0.05, 0) is 19.1 Å². The van der Waals surface area contributed by atoms with Crippen molar-refractivity contribution >= 4 is 33.6 Å². The van der Waals surface area contributed by atoms with E-state index < -0.39 is 40.0 Å². The average Bonchev–Trinajstić information content (AvgIpc) is 3.14. The third-order valence-corrected chi connectivity index (χ3v) is 5.11. The summed E-state index contributed by atoms with van der Waals surface area (Å²) in [6.45, 7) is 0.812. The number of aromatic nitrogens is 1. The molecule has 10 nitrogen and oxygen atoms in total. The fourth-order valence-electron chi connectivity index (χ4n) is 2.51. The van der Waals surface area contributed by atoms with E-state index in [1.54, 1.807) is 19.1 Å². The number of benzene rings is 1. The summed E-state index contributed by atoms with van der Waals surface area (Å²) in [6.07, 6.45) is 0. The zero-order valence-corrected chi connectivity index (χ0v) is 15.1. The van der Waals surface area contributed by atoms with Crippen LogP contribution in [0.5, 0.6) is 0 Å². The van der Waals surface area contributed by atoms with Crippen molar-refractivity contribution in [2.45, 2.75) is 6.92 Å². The molecule has 0 bridgehead atoms. The summed E-state index contributed by atoms with van der Waals surface area (Å²) in [4.78, 5) is 37.0. The molecule has 11 heteroatoms. The number of carbonyl (C=O) groups excluding carboxylic acids is 3. The molecule has 0 fully saturated rings. The van der Waals surface area contributed by atoms with Crippen molar-refractivity contribution in [1.29, 1.82) is 0 Å². The Hall–Kier alpha value is -3.05. The summed E-state index contributed by atoms with van der Waals surface area (Å²) in [6, 6.07) is 7.76. The van der Waals surface area contributed by atoms with Gasteiger partial charge in [0.15, 0.2) is 5.82 Å². The number of anilines is 1. The highest BCUT2D eigenvalue weighted by Gasteiger charge is 2.35. The number of carbonyl (C=O) groups is 3. The summed E-state index contributed by atoms with van der Waals surface area (Å²) >= 11 is 0. The van der Waals surface area contributed by atoms with E-state index in [2.05, 4.69) is 15.2 Å². The summed E-state index contributed by atoms with van der Waals surface area (Å²) in [5, 5.41) is 5.93. The monoisotopic (exact) mass is 392 g/mol. The molecular weight excluding hydrogens is 376 g/mol. The average molecular weight is 392 g/mol. The van der Waals surface area contributed by atoms with Crippen LogP contribution in [0.1, 0.15) is 26.5 Å². The van der Waals surface area contributed by atoms with E-state index in [1.165, 1.54) is 18.2 Å². The summed E-state index contributed by atoms with van der Waals surface area (Å²) in [5.41, 5.74) is 0.491. The van der Waals surface area contributed by atoms with Crippen molar-refractivity contribution in [3.63, 3.8) is 0 Å². The van der Waals surface area contributed by atoms with Crippen LogP contribution in [0.2, 0.25) is 0 Å². The first-order chi connectivity index (χ1) is 12.8. The minimum atomic E-state index is -3.89. The van der Waals surface area contributed by atoms with Gasteiger partial charge in [0.25, 0.3) is 11.8 Å². The molecule has 1 aromatic heterocycles. The smallest absolute Gasteiger partial charge is 0.261 e. The maximum Gasteiger partial charge on any atom is 0.261 e. The zero-order valence-electron chi connectivity index (χ0n) is 14.3. The van der Waals surface area contributed by atoms with E-state index >= 15 is 0 Å². The molecule has 0 aliphatic carbocycles. The second kappa shape index (κ2) is 7.29. The van der Waals surface area contributed by atoms with Gasteiger partial charge in [-0.3, -0.25) is 19.3 Å². The Morgan fingerprint density at radius 2 is 1.81 bits per heavy atom. The number of hydrogen-bond donors (Lipinski definition) is 2. The van der Waals surface area contributed by atoms with E-state index in [4.69, 9.17) is 4.52 Å². The van der Waals surface area contributed by atoms with Crippen LogP contribution < -0.4 is 10.0 Å². The van der Waals surface area contributed by atoms with Crippen molar-refractivity contribution in [1.82, 2.24) is 14.8 Å². The van der Waals surface area contributed by atoms with Crippen molar-refractivity contribution in [3.8, 4) is 0 Å². The van der Waals surface area contributed by atoms with Crippen LogP contribution in [0, 0.1) is 6.92 Å². The van der Waals surface area contributed by atoms with Gasteiger partial charge in [0.1, 0.15) is 5.76 Å². The number of hydrogen-bond acceptors (Lipinski definition) is 7. The van der Waals surface area contributed by atoms with Crippen molar-refractivity contribution < 1.29 is 27.3 Å². The van der Waals surface area contributed by atoms with Crippen LogP contribution in [0.25, 0.3) is 0 Å². The van der Waals surface area contributed by atoms with Crippen LogP contribution in [0.15, 0.2) is 34.9 Å². The number of rotatable bonds is 7. The molecule has 142 valence electrons. The lowest BCUT2D eigenvalue weighted by atomic mass is 10.1. The Morgan fingerprint density at radius 1 is 1.19 bits per heavy atom. The molecule has 1 aromatic carbocycles. The fourth-order valence-corrected chi connectivity index (χ4v) is 3.43. The topological polar surface area (TPSA) is 139 Å². The van der Waals surface area contributed by atoms with E-state index in [1.807, 2.05) is 0 Å². The number of nitrogens with one attached hydrogen (secondary N) is 2. The Kier molecular flexibility index (Phi) is 5.06. The minimum absolute atomic E-state index is 0.169. The predicted molar refractivity (Wildman–Crippen MR) is 93.5 cm³/mol. The molecule has 0 saturated carbocycles. The second-order valence-electron chi connectivity index (χ2n) is 5.82. The summed E-state index contributed by atoms with van der Waals surface area (Å²) in [5.74, 6) is -1.56. The quantitative estimate of drug-likeness (QED) is 0.639. The number of fused-ring (bicyclic) bond motifs is 1. The lowest BCUT2D eigenvalue weighted by molar-refractivity contribution is -0.115. The van der Waals surface area contributed by atoms with Gasteiger partial charge in [0, 0.05) is 12.6 Å². The zero-order chi connectivity index (χ0) is 19.6. The minimum Gasteiger partial charge on any atom is -0.360 e. The lowest BCUT2D eigenvalue weighted by Crippen LogP contribution is -2.40. The van der Waals surface area contributed by atoms with Gasteiger partial charge in [-0.25, -0.2) is 13.1 Å². The Balaban J connectivity index is 1.52. The van der Waals surface area contributed by atoms with E-state index in [-0.39, 0.29) is 23.5 Å². The van der Waals surface area contributed by atoms with Crippen LogP contribution in [0.3, 0.4) is 0 Å². The molecule has 27 heavy (non-hydrogen) atoms. The van der Waals surface area contributed by atoms with E-state index in [0.717, 1.165) is 4.90 Å². The molecule has 2 N–H and O–H groups in total. The number of sulfonamides is 1. The summed E-state index contributed by atoms with van der Waals surface area (Å²) < 4.78 is 31.0. The van der Waals surface area contributed by atoms with Gasteiger partial charge in [0.2, 0.25) is 15.9 Å². The first-order valence-electron chi connectivity index (χ1n) is 7.92. The summed E-state index contributed by atoms with van der Waals surface area (Å²) in [7, 11) is -3.89. The molecule has 1 aliphatic heterocycles. The molecule has 0 spiro atoms. The highest BCUT2D eigenvalue weighted by Crippen LogP contribution is 2.22. The molecule has 2 heterocycles. The van der Waals surface area contributed by atoms with Gasteiger partial charge >= 0.3 is 0 Å². The highest BCUT2D eigenvalue weighted by atomic mass is 32.2. The Bertz CT molecular complexity index is 978. The fraction of sp³-hybridized carbons (Fsp3) is 0.250. The second-order valence-corrected chi connectivity index (χ2v) is 7.74. The first kappa shape index (κ1) is 18.7. The molecular formula is C16H16N4O6S. The maximum absolute atomic E-state index is 12.2.